The van der Waals surface area contributed by atoms with E-state index in [4.69, 9.17) is 5.73 Å². The molecule has 3 aliphatic rings. The second-order valence-electron chi connectivity index (χ2n) is 10.6. The zero-order chi connectivity index (χ0) is 28.4. The fourth-order valence-corrected chi connectivity index (χ4v) is 6.44. The lowest BCUT2D eigenvalue weighted by atomic mass is 9.54. The molecule has 0 heterocycles. The summed E-state index contributed by atoms with van der Waals surface area (Å²) in [7, 11) is 3.19. The number of likely N-dealkylation sites (N-methyl/N-ethyl adjacent to an activating group) is 1. The highest BCUT2D eigenvalue weighted by Crippen LogP contribution is 2.52. The fraction of sp³-hybridized carbons (Fsp3) is 0.345. The molecule has 3 aliphatic carbocycles. The van der Waals surface area contributed by atoms with E-state index < -0.39 is 58.7 Å². The number of benzene rings is 2. The Kier molecular flexibility index (Phi) is 6.26. The van der Waals surface area contributed by atoms with Gasteiger partial charge < -0.3 is 36.2 Å². The van der Waals surface area contributed by atoms with Crippen LogP contribution in [0.1, 0.15) is 28.7 Å². The number of hydrogen-bond acceptors (Lipinski definition) is 9. The molecule has 5 rings (SSSR count). The molecule has 0 saturated heterocycles. The zero-order valence-electron chi connectivity index (χ0n) is 21.3. The summed E-state index contributed by atoms with van der Waals surface area (Å²) in [6.07, 6.45) is -1.38. The minimum Gasteiger partial charge on any atom is -0.508 e. The molecule has 0 aromatic heterocycles. The lowest BCUT2D eigenvalue weighted by Crippen LogP contribution is -2.73. The highest BCUT2D eigenvalue weighted by atomic mass is 16.3. The molecule has 0 aliphatic heterocycles. The molecule has 2 unspecified atom stereocenters. The number of amides is 1. The van der Waals surface area contributed by atoms with E-state index in [2.05, 4.69) is 11.8 Å². The predicted octanol–water partition coefficient (Wildman–Crippen LogP) is 0.234. The van der Waals surface area contributed by atoms with E-state index in [9.17, 15) is 39.9 Å². The molecular weight excluding hydrogens is 504 g/mol. The van der Waals surface area contributed by atoms with Gasteiger partial charge in [0.2, 0.25) is 11.7 Å². The maximum absolute atomic E-state index is 13.9. The summed E-state index contributed by atoms with van der Waals surface area (Å²) in [6.45, 7) is 0. The summed E-state index contributed by atoms with van der Waals surface area (Å²) in [5.74, 6) is -1.92. The van der Waals surface area contributed by atoms with Crippen LogP contribution in [0.3, 0.4) is 0 Å². The first-order valence-electron chi connectivity index (χ1n) is 12.4. The number of carbonyl (C=O) groups is 3. The van der Waals surface area contributed by atoms with Crippen molar-refractivity contribution < 1.29 is 39.9 Å². The van der Waals surface area contributed by atoms with E-state index in [0.717, 1.165) is 0 Å². The van der Waals surface area contributed by atoms with E-state index >= 15 is 0 Å². The molecule has 39 heavy (non-hydrogen) atoms. The van der Waals surface area contributed by atoms with Crippen molar-refractivity contribution in [1.82, 2.24) is 4.90 Å². The van der Waals surface area contributed by atoms with Gasteiger partial charge in [-0.3, -0.25) is 14.4 Å². The Morgan fingerprint density at radius 3 is 2.46 bits per heavy atom. The minimum atomic E-state index is -2.70. The maximum atomic E-state index is 13.9. The summed E-state index contributed by atoms with van der Waals surface area (Å²) in [5, 5.41) is 54.3. The van der Waals surface area contributed by atoms with Gasteiger partial charge in [-0.1, -0.05) is 17.9 Å². The number of carbonyl (C=O) groups excluding carboxylic acids is 3. The molecule has 0 spiro atoms. The Balaban J connectivity index is 1.65. The number of nitrogens with zero attached hydrogens (tertiary/aromatic N) is 1. The molecule has 10 nitrogen and oxygen atoms in total. The highest BCUT2D eigenvalue weighted by molar-refractivity contribution is 6.25. The number of Topliss-reactive ketones (excluding diaryl/α,β-unsaturated/α-hetero) is 2. The first kappa shape index (κ1) is 26.4. The molecule has 7 N–H and O–H groups in total. The van der Waals surface area contributed by atoms with Crippen LogP contribution in [0.2, 0.25) is 0 Å². The number of primary amides is 1. The van der Waals surface area contributed by atoms with E-state index in [-0.39, 0.29) is 35.5 Å². The summed E-state index contributed by atoms with van der Waals surface area (Å²) in [4.78, 5) is 40.9. The number of aromatic hydroxyl groups is 2. The van der Waals surface area contributed by atoms with Crippen LogP contribution in [0.25, 0.3) is 5.76 Å². The van der Waals surface area contributed by atoms with Gasteiger partial charge >= 0.3 is 0 Å². The Morgan fingerprint density at radius 2 is 1.82 bits per heavy atom. The van der Waals surface area contributed by atoms with Gasteiger partial charge in [0.05, 0.1) is 11.7 Å². The van der Waals surface area contributed by atoms with E-state index in [1.807, 2.05) is 0 Å². The van der Waals surface area contributed by atoms with Crippen molar-refractivity contribution in [3.8, 4) is 23.3 Å². The highest BCUT2D eigenvalue weighted by Gasteiger charge is 2.67. The van der Waals surface area contributed by atoms with E-state index in [1.165, 1.54) is 18.2 Å². The number of aliphatic hydroxyl groups is 3. The van der Waals surface area contributed by atoms with Gasteiger partial charge in [-0.25, -0.2) is 0 Å². The molecule has 10 heteroatoms. The van der Waals surface area contributed by atoms with Crippen LogP contribution in [0, 0.1) is 29.6 Å². The van der Waals surface area contributed by atoms with Crippen molar-refractivity contribution in [3.05, 3.63) is 64.2 Å². The lowest BCUT2D eigenvalue weighted by Gasteiger charge is -2.53. The topological polar surface area (TPSA) is 182 Å². The number of nitrogens with two attached hydrogens (primary N) is 1. The molecule has 2 fully saturated rings. The normalized spacial score (nSPS) is 29.7. The number of fused-ring (bicyclic) bond motifs is 3. The van der Waals surface area contributed by atoms with Gasteiger partial charge in [0, 0.05) is 28.7 Å². The average Bonchev–Trinajstić information content (AvgIpc) is 2.85. The smallest absolute Gasteiger partial charge is 0.230 e. The van der Waals surface area contributed by atoms with E-state index in [1.54, 1.807) is 37.2 Å². The average molecular weight is 533 g/mol. The van der Waals surface area contributed by atoms with Crippen molar-refractivity contribution in [2.45, 2.75) is 30.6 Å². The molecular formula is C29H28N2O8. The third-order valence-electron chi connectivity index (χ3n) is 8.16. The third-order valence-corrected chi connectivity index (χ3v) is 8.16. The first-order chi connectivity index (χ1) is 18.4. The monoisotopic (exact) mass is 532 g/mol. The second-order valence-corrected chi connectivity index (χ2v) is 10.6. The molecule has 2 aromatic carbocycles. The van der Waals surface area contributed by atoms with Crippen LogP contribution in [0.15, 0.2) is 42.0 Å². The van der Waals surface area contributed by atoms with Crippen LogP contribution in [-0.2, 0) is 20.8 Å². The Labute approximate surface area is 224 Å². The van der Waals surface area contributed by atoms with Crippen LogP contribution in [0.5, 0.6) is 11.5 Å². The first-order valence-corrected chi connectivity index (χ1v) is 12.4. The van der Waals surface area contributed by atoms with Crippen molar-refractivity contribution in [2.75, 3.05) is 14.1 Å². The van der Waals surface area contributed by atoms with Gasteiger partial charge in [0.1, 0.15) is 23.2 Å². The van der Waals surface area contributed by atoms with E-state index in [0.29, 0.717) is 16.7 Å². The van der Waals surface area contributed by atoms with Crippen LogP contribution < -0.4 is 5.73 Å². The summed E-state index contributed by atoms with van der Waals surface area (Å²) in [6, 6.07) is 8.29. The van der Waals surface area contributed by atoms with Crippen LogP contribution in [0.4, 0.5) is 0 Å². The quantitative estimate of drug-likeness (QED) is 0.233. The molecule has 0 radical (unpaired) electrons. The maximum Gasteiger partial charge on any atom is 0.230 e. The summed E-state index contributed by atoms with van der Waals surface area (Å²) in [5.41, 5.74) is 3.93. The molecule has 202 valence electrons. The second kappa shape index (κ2) is 9.24. The van der Waals surface area contributed by atoms with Crippen molar-refractivity contribution >= 4 is 23.2 Å². The van der Waals surface area contributed by atoms with Gasteiger partial charge in [-0.05, 0) is 68.8 Å². The number of phenolic OH excluding ortho intramolecular Hbond substituents is 2. The number of rotatable bonds is 2. The van der Waals surface area contributed by atoms with Crippen LogP contribution in [-0.4, -0.2) is 79.7 Å². The van der Waals surface area contributed by atoms with Crippen molar-refractivity contribution in [2.24, 2.45) is 23.5 Å². The van der Waals surface area contributed by atoms with Gasteiger partial charge in [-0.15, -0.1) is 0 Å². The predicted molar refractivity (Wildman–Crippen MR) is 138 cm³/mol. The van der Waals surface area contributed by atoms with Gasteiger partial charge in [-0.2, -0.15) is 0 Å². The minimum absolute atomic E-state index is 0.0211. The molecule has 1 amide bonds. The van der Waals surface area contributed by atoms with Crippen molar-refractivity contribution in [1.29, 1.82) is 0 Å². The zero-order valence-corrected chi connectivity index (χ0v) is 21.3. The Bertz CT molecular complexity index is 1520. The molecule has 0 bridgehead atoms. The standard InChI is InChI=1S/C29H28N2O8/c1-31(2)23-18-12-15-11-17-14(7-6-13-4-3-5-16(32)10-13)8-9-19(33)21(17)24(34)20(15)26(36)29(18,39)27(37)22(25(23)35)28(30)38/h3-5,8-10,15,18,22-23,25,32-35,39H,11-12H2,1-2H3,(H2,30,38)/t15-,18-,22?,23-,25?,29-/m1/s1. The summed E-state index contributed by atoms with van der Waals surface area (Å²) >= 11 is 0. The number of hydrogen-bond donors (Lipinski definition) is 6. The largest absolute Gasteiger partial charge is 0.508 e. The Morgan fingerprint density at radius 1 is 1.10 bits per heavy atom. The number of phenols is 2. The lowest BCUT2D eigenvalue weighted by molar-refractivity contribution is -0.184. The number of aliphatic hydroxyl groups excluding tert-OH is 2. The molecule has 6 atom stereocenters. The fourth-order valence-electron chi connectivity index (χ4n) is 6.44. The van der Waals surface area contributed by atoms with Crippen LogP contribution >= 0.6 is 0 Å². The van der Waals surface area contributed by atoms with Gasteiger partial charge in [0.25, 0.3) is 0 Å². The SMILES string of the molecule is CN(C)[C@H]1C(O)C(C(N)=O)C(=O)[C@]2(O)C(=O)C3=C(O)c4c(O)ccc(C#Cc5cccc(O)c5)c4C[C@@H]3C[C@H]12. The van der Waals surface area contributed by atoms with Crippen molar-refractivity contribution in [3.63, 3.8) is 0 Å². The number of ketones is 2. The third kappa shape index (κ3) is 3.89. The molecule has 2 aromatic rings. The summed E-state index contributed by atoms with van der Waals surface area (Å²) < 4.78 is 0. The molecule has 2 saturated carbocycles. The van der Waals surface area contributed by atoms with Gasteiger partial charge in [0.15, 0.2) is 11.4 Å². The Hall–Kier alpha value is -4.17.